The lowest BCUT2D eigenvalue weighted by Crippen LogP contribution is -2.37. The van der Waals surface area contributed by atoms with Gasteiger partial charge in [0.1, 0.15) is 18.4 Å². The predicted molar refractivity (Wildman–Crippen MR) is 53.6 cm³/mol. The van der Waals surface area contributed by atoms with Gasteiger partial charge in [-0.25, -0.2) is 9.55 Å². The number of aromatic nitrogens is 2. The fourth-order valence-corrected chi connectivity index (χ4v) is 1.09. The summed E-state index contributed by atoms with van der Waals surface area (Å²) in [6, 6.07) is 0. The minimum atomic E-state index is -5.19. The van der Waals surface area contributed by atoms with Gasteiger partial charge in [0.05, 0.1) is 7.05 Å². The first-order valence-electron chi connectivity index (χ1n) is 5.16. The predicted octanol–water partition coefficient (Wildman–Crippen LogP) is -0.455. The Balaban J connectivity index is 0.000000399. The summed E-state index contributed by atoms with van der Waals surface area (Å²) in [5, 5.41) is 17.2. The maximum absolute atomic E-state index is 10.5. The van der Waals surface area contributed by atoms with Gasteiger partial charge in [0, 0.05) is 12.8 Å². The minimum absolute atomic E-state index is 0.235. The number of rotatable bonds is 4. The Labute approximate surface area is 106 Å². The van der Waals surface area contributed by atoms with E-state index in [2.05, 4.69) is 4.98 Å². The van der Waals surface area contributed by atoms with E-state index in [1.807, 2.05) is 24.0 Å². The first-order chi connectivity index (χ1) is 8.64. The Morgan fingerprint density at radius 1 is 1.47 bits per heavy atom. The lowest BCUT2D eigenvalue weighted by molar-refractivity contribution is -0.677. The lowest BCUT2D eigenvalue weighted by Gasteiger charge is -2.03. The summed E-state index contributed by atoms with van der Waals surface area (Å²) in [5.74, 6) is -2.67. The maximum Gasteiger partial charge on any atom is 0.430 e. The van der Waals surface area contributed by atoms with Crippen molar-refractivity contribution in [3.05, 3.63) is 18.2 Å². The highest BCUT2D eigenvalue weighted by Crippen LogP contribution is 2.11. The summed E-state index contributed by atoms with van der Waals surface area (Å²) in [6.45, 7) is 0. The van der Waals surface area contributed by atoms with E-state index >= 15 is 0 Å². The number of H-pyrrole nitrogens is 1. The molecule has 0 aromatic carbocycles. The average molecular weight is 282 g/mol. The standard InChI is InChI=1S/C8H12N2O2.C2HF3O2/c1-10-6-5-9-7(10)3-2-4-8(11)12;3-2(4,5)1(6)7/h5-6H,2-4H2,1H3,(H,11,12);(H,6,7). The third-order valence-corrected chi connectivity index (χ3v) is 2.01. The molecular formula is C10H13F3N2O4. The van der Waals surface area contributed by atoms with Crippen molar-refractivity contribution >= 4 is 11.9 Å². The quantitative estimate of drug-likeness (QED) is 0.731. The van der Waals surface area contributed by atoms with E-state index in [9.17, 15) is 18.0 Å². The van der Waals surface area contributed by atoms with Crippen molar-refractivity contribution in [1.82, 2.24) is 4.98 Å². The summed E-state index contributed by atoms with van der Waals surface area (Å²) in [6.07, 6.45) is 0.269. The molecule has 0 saturated heterocycles. The van der Waals surface area contributed by atoms with Gasteiger partial charge in [0.2, 0.25) is 0 Å². The smallest absolute Gasteiger partial charge is 0.430 e. The van der Waals surface area contributed by atoms with Crippen molar-refractivity contribution in [1.29, 1.82) is 0 Å². The molecule has 1 aromatic rings. The Bertz CT molecular complexity index is 429. The topological polar surface area (TPSA) is 97.1 Å². The van der Waals surface area contributed by atoms with Crippen LogP contribution in [-0.4, -0.2) is 28.2 Å². The number of aryl methyl sites for hydroxylation is 2. The van der Waals surface area contributed by atoms with Gasteiger partial charge in [0.15, 0.2) is 0 Å². The summed E-state index contributed by atoms with van der Waals surface area (Å²) >= 11 is 0. The highest BCUT2D eigenvalue weighted by Gasteiger charge is 2.28. The van der Waals surface area contributed by atoms with Crippen LogP contribution in [-0.2, 0) is 23.1 Å². The van der Waals surface area contributed by atoms with Gasteiger partial charge >= 0.3 is 12.1 Å². The molecule has 0 aliphatic carbocycles. The third-order valence-electron chi connectivity index (χ3n) is 2.01. The normalized spacial score (nSPS) is 10.5. The number of aromatic amines is 1. The number of carboxylic acids is 2. The highest BCUT2D eigenvalue weighted by molar-refractivity contribution is 5.70. The monoisotopic (exact) mass is 282 g/mol. The second kappa shape index (κ2) is 7.39. The lowest BCUT2D eigenvalue weighted by atomic mass is 10.2. The fourth-order valence-electron chi connectivity index (χ4n) is 1.09. The van der Waals surface area contributed by atoms with Crippen molar-refractivity contribution < 1.29 is 37.5 Å². The molecule has 19 heavy (non-hydrogen) atoms. The molecule has 0 spiro atoms. The second-order valence-corrected chi connectivity index (χ2v) is 3.55. The number of carbonyl (C=O) groups excluding carboxylic acids is 1. The fraction of sp³-hybridized carbons (Fsp3) is 0.500. The molecule has 1 rings (SSSR count). The van der Waals surface area contributed by atoms with Crippen LogP contribution in [0.2, 0.25) is 0 Å². The number of imidazole rings is 1. The number of carboxylic acid groups (broad SMARTS) is 2. The number of nitrogens with one attached hydrogen (secondary N) is 1. The van der Waals surface area contributed by atoms with Crippen LogP contribution >= 0.6 is 0 Å². The Kier molecular flexibility index (Phi) is 6.59. The van der Waals surface area contributed by atoms with E-state index in [1.165, 1.54) is 0 Å². The van der Waals surface area contributed by atoms with E-state index in [0.717, 1.165) is 12.2 Å². The van der Waals surface area contributed by atoms with Crippen LogP contribution in [0.5, 0.6) is 0 Å². The number of halogens is 3. The average Bonchev–Trinajstić information content (AvgIpc) is 2.63. The van der Waals surface area contributed by atoms with Gasteiger partial charge in [-0.05, 0) is 6.42 Å². The van der Waals surface area contributed by atoms with E-state index in [1.54, 1.807) is 0 Å². The summed E-state index contributed by atoms with van der Waals surface area (Å²) in [5.41, 5.74) is 0. The number of carbonyl (C=O) groups is 2. The molecule has 0 aliphatic rings. The van der Waals surface area contributed by atoms with Crippen molar-refractivity contribution in [3.8, 4) is 0 Å². The van der Waals surface area contributed by atoms with E-state index in [4.69, 9.17) is 15.0 Å². The summed E-state index contributed by atoms with van der Waals surface area (Å²) in [4.78, 5) is 22.0. The molecule has 2 N–H and O–H groups in total. The summed E-state index contributed by atoms with van der Waals surface area (Å²) in [7, 11) is 1.94. The van der Waals surface area contributed by atoms with Crippen LogP contribution in [0.25, 0.3) is 0 Å². The second-order valence-electron chi connectivity index (χ2n) is 3.55. The molecule has 0 bridgehead atoms. The van der Waals surface area contributed by atoms with Crippen molar-refractivity contribution in [2.75, 3.05) is 0 Å². The number of hydrogen-bond donors (Lipinski definition) is 2. The number of alkyl halides is 3. The largest absolute Gasteiger partial charge is 0.542 e. The third kappa shape index (κ3) is 7.79. The van der Waals surface area contributed by atoms with Crippen LogP contribution in [0.3, 0.4) is 0 Å². The number of aliphatic carboxylic acids is 2. The molecule has 9 heteroatoms. The van der Waals surface area contributed by atoms with Crippen molar-refractivity contribution in [2.45, 2.75) is 25.4 Å². The van der Waals surface area contributed by atoms with Crippen LogP contribution in [0.15, 0.2) is 12.4 Å². The zero-order valence-corrected chi connectivity index (χ0v) is 10.0. The molecule has 1 aromatic heterocycles. The molecule has 1 heterocycles. The van der Waals surface area contributed by atoms with E-state index < -0.39 is 18.1 Å². The van der Waals surface area contributed by atoms with Crippen molar-refractivity contribution in [3.63, 3.8) is 0 Å². The van der Waals surface area contributed by atoms with E-state index in [-0.39, 0.29) is 6.42 Å². The van der Waals surface area contributed by atoms with Gasteiger partial charge in [-0.1, -0.05) is 0 Å². The Morgan fingerprint density at radius 2 is 2.00 bits per heavy atom. The zero-order valence-electron chi connectivity index (χ0n) is 10.0. The van der Waals surface area contributed by atoms with Gasteiger partial charge in [-0.2, -0.15) is 13.2 Å². The van der Waals surface area contributed by atoms with Gasteiger partial charge in [-0.3, -0.25) is 4.79 Å². The molecule has 0 atom stereocenters. The Morgan fingerprint density at radius 3 is 2.32 bits per heavy atom. The SMILES string of the molecule is C[n+]1cc[nH]c1CCCC(=O)O.O=C([O-])C(F)(F)F. The highest BCUT2D eigenvalue weighted by atomic mass is 19.4. The molecule has 0 unspecified atom stereocenters. The van der Waals surface area contributed by atoms with Gasteiger partial charge in [-0.15, -0.1) is 0 Å². The first kappa shape index (κ1) is 16.9. The van der Waals surface area contributed by atoms with Gasteiger partial charge < -0.3 is 15.0 Å². The molecule has 0 saturated carbocycles. The first-order valence-corrected chi connectivity index (χ1v) is 5.16. The molecule has 0 amide bonds. The van der Waals surface area contributed by atoms with Crippen LogP contribution < -0.4 is 9.67 Å². The van der Waals surface area contributed by atoms with Crippen LogP contribution in [0, 0.1) is 0 Å². The minimum Gasteiger partial charge on any atom is -0.542 e. The van der Waals surface area contributed by atoms with Gasteiger partial charge in [0.25, 0.3) is 5.82 Å². The number of nitrogens with zero attached hydrogens (tertiary/aromatic N) is 1. The molecule has 0 aliphatic heterocycles. The zero-order chi connectivity index (χ0) is 15.1. The number of hydrogen-bond acceptors (Lipinski definition) is 3. The van der Waals surface area contributed by atoms with E-state index in [0.29, 0.717) is 6.42 Å². The molecule has 108 valence electrons. The Hall–Kier alpha value is -2.06. The molecule has 0 fully saturated rings. The molecular weight excluding hydrogens is 269 g/mol. The van der Waals surface area contributed by atoms with Crippen molar-refractivity contribution in [2.24, 2.45) is 7.05 Å². The molecule has 0 radical (unpaired) electrons. The molecule has 6 nitrogen and oxygen atoms in total. The van der Waals surface area contributed by atoms with Crippen LogP contribution in [0.4, 0.5) is 13.2 Å². The van der Waals surface area contributed by atoms with Crippen LogP contribution in [0.1, 0.15) is 18.7 Å². The summed E-state index contributed by atoms with van der Waals surface area (Å²) < 4.78 is 33.5. The maximum atomic E-state index is 10.5.